The smallest absolute Gasteiger partial charge is 0.164 e. The summed E-state index contributed by atoms with van der Waals surface area (Å²) in [5.41, 5.74) is 5.36. The second kappa shape index (κ2) is 8.50. The first-order valence-corrected chi connectivity index (χ1v) is 9.40. The number of Topliss-reactive ketones (excluding diaryl/α,β-unsaturated/α-hetero) is 1. The van der Waals surface area contributed by atoms with Crippen LogP contribution in [-0.2, 0) is 12.8 Å². The van der Waals surface area contributed by atoms with Gasteiger partial charge >= 0.3 is 0 Å². The molecule has 0 spiro atoms. The fourth-order valence-electron chi connectivity index (χ4n) is 3.79. The van der Waals surface area contributed by atoms with Gasteiger partial charge in [-0.15, -0.1) is 0 Å². The molecule has 1 aromatic carbocycles. The predicted molar refractivity (Wildman–Crippen MR) is 94.9 cm³/mol. The lowest BCUT2D eigenvalue weighted by atomic mass is 9.87. The van der Waals surface area contributed by atoms with E-state index in [1.165, 1.54) is 61.6 Å². The quantitative estimate of drug-likeness (QED) is 0.528. The fourth-order valence-corrected chi connectivity index (χ4v) is 3.79. The van der Waals surface area contributed by atoms with Gasteiger partial charge in [0.2, 0.25) is 0 Å². The molecule has 0 saturated carbocycles. The van der Waals surface area contributed by atoms with E-state index in [0.29, 0.717) is 11.7 Å². The largest absolute Gasteiger partial charge is 0.294 e. The van der Waals surface area contributed by atoms with Crippen LogP contribution < -0.4 is 0 Å². The third-order valence-corrected chi connectivity index (χ3v) is 5.05. The van der Waals surface area contributed by atoms with Gasteiger partial charge in [0, 0.05) is 12.0 Å². The molecule has 1 heteroatoms. The Balaban J connectivity index is 2.36. The maximum Gasteiger partial charge on any atom is 0.164 e. The van der Waals surface area contributed by atoms with Gasteiger partial charge in [0.05, 0.1) is 0 Å². The first-order chi connectivity index (χ1) is 10.7. The molecule has 1 unspecified atom stereocenters. The molecule has 1 nitrogen and oxygen atoms in total. The zero-order chi connectivity index (χ0) is 15.9. The molecule has 0 N–H and O–H groups in total. The molecule has 0 bridgehead atoms. The van der Waals surface area contributed by atoms with E-state index in [4.69, 9.17) is 0 Å². The topological polar surface area (TPSA) is 17.1 Å². The molecular weight excluding hydrogens is 268 g/mol. The number of rotatable bonds is 9. The van der Waals surface area contributed by atoms with Crippen LogP contribution in [0, 0.1) is 0 Å². The third-order valence-electron chi connectivity index (χ3n) is 5.05. The van der Waals surface area contributed by atoms with Crippen molar-refractivity contribution in [2.75, 3.05) is 0 Å². The minimum absolute atomic E-state index is 0.417. The third kappa shape index (κ3) is 3.80. The molecule has 122 valence electrons. The molecule has 1 aromatic rings. The molecule has 1 aliphatic rings. The number of carbonyl (C=O) groups is 1. The van der Waals surface area contributed by atoms with E-state index in [0.717, 1.165) is 24.8 Å². The fraction of sp³-hybridized carbons (Fsp3) is 0.667. The number of aryl methyl sites for hydroxylation is 2. The molecule has 0 saturated heterocycles. The summed E-state index contributed by atoms with van der Waals surface area (Å²) >= 11 is 0. The Morgan fingerprint density at radius 2 is 1.50 bits per heavy atom. The molecule has 2 rings (SSSR count). The van der Waals surface area contributed by atoms with Crippen molar-refractivity contribution >= 4 is 5.78 Å². The van der Waals surface area contributed by atoms with Crippen LogP contribution in [0.2, 0.25) is 0 Å². The first-order valence-electron chi connectivity index (χ1n) is 9.40. The number of fused-ring (bicyclic) bond motifs is 1. The molecule has 0 aliphatic heterocycles. The molecule has 0 amide bonds. The number of unbranched alkanes of at least 4 members (excludes halogenated alkanes) is 3. The molecular formula is C21H32O. The van der Waals surface area contributed by atoms with E-state index in [-0.39, 0.29) is 0 Å². The Morgan fingerprint density at radius 3 is 2.14 bits per heavy atom. The summed E-state index contributed by atoms with van der Waals surface area (Å²) < 4.78 is 0. The van der Waals surface area contributed by atoms with Crippen LogP contribution in [0.25, 0.3) is 0 Å². The van der Waals surface area contributed by atoms with E-state index < -0.39 is 0 Å². The van der Waals surface area contributed by atoms with Crippen molar-refractivity contribution in [3.05, 3.63) is 34.4 Å². The molecule has 0 radical (unpaired) electrons. The van der Waals surface area contributed by atoms with Crippen LogP contribution in [0.3, 0.4) is 0 Å². The number of ketones is 1. The minimum Gasteiger partial charge on any atom is -0.294 e. The number of benzene rings is 1. The number of carbonyl (C=O) groups excluding carboxylic acids is 1. The molecule has 22 heavy (non-hydrogen) atoms. The highest BCUT2D eigenvalue weighted by molar-refractivity contribution is 6.03. The Bertz CT molecular complexity index is 501. The normalized spacial score (nSPS) is 17.0. The van der Waals surface area contributed by atoms with Gasteiger partial charge < -0.3 is 0 Å². The SMILES string of the molecule is CCCCc1ccc(CCCC)c2c1C(=O)CC2CCCC. The van der Waals surface area contributed by atoms with Gasteiger partial charge in [-0.3, -0.25) is 4.79 Å². The highest BCUT2D eigenvalue weighted by Crippen LogP contribution is 2.41. The van der Waals surface area contributed by atoms with Gasteiger partial charge in [0.1, 0.15) is 0 Å². The van der Waals surface area contributed by atoms with Gasteiger partial charge in [0.25, 0.3) is 0 Å². The predicted octanol–water partition coefficient (Wildman–Crippen LogP) is 6.23. The van der Waals surface area contributed by atoms with Crippen LogP contribution in [-0.4, -0.2) is 5.78 Å². The summed E-state index contributed by atoms with van der Waals surface area (Å²) in [7, 11) is 0. The van der Waals surface area contributed by atoms with Crippen molar-refractivity contribution in [3.63, 3.8) is 0 Å². The van der Waals surface area contributed by atoms with Gasteiger partial charge in [-0.25, -0.2) is 0 Å². The zero-order valence-electron chi connectivity index (χ0n) is 14.7. The highest BCUT2D eigenvalue weighted by Gasteiger charge is 2.32. The lowest BCUT2D eigenvalue weighted by molar-refractivity contribution is 0.0987. The van der Waals surface area contributed by atoms with E-state index in [1.807, 2.05) is 0 Å². The Kier molecular flexibility index (Phi) is 6.67. The van der Waals surface area contributed by atoms with Crippen LogP contribution in [0.4, 0.5) is 0 Å². The monoisotopic (exact) mass is 300 g/mol. The standard InChI is InChI=1S/C21H32O/c1-4-7-10-16-13-14-17(11-8-5-2)21-19(22)15-18(20(16)21)12-9-6-3/h13-14,18H,4-12,15H2,1-3H3. The van der Waals surface area contributed by atoms with Gasteiger partial charge in [-0.1, -0.05) is 58.6 Å². The highest BCUT2D eigenvalue weighted by atomic mass is 16.1. The van der Waals surface area contributed by atoms with Crippen molar-refractivity contribution in [2.24, 2.45) is 0 Å². The van der Waals surface area contributed by atoms with Gasteiger partial charge in [0.15, 0.2) is 5.78 Å². The van der Waals surface area contributed by atoms with Crippen LogP contribution in [0.5, 0.6) is 0 Å². The summed E-state index contributed by atoms with van der Waals surface area (Å²) in [6.07, 6.45) is 11.5. The van der Waals surface area contributed by atoms with Crippen LogP contribution in [0.15, 0.2) is 12.1 Å². The molecule has 0 fully saturated rings. The summed E-state index contributed by atoms with van der Waals surface area (Å²) in [5.74, 6) is 0.913. The lowest BCUT2D eigenvalue weighted by Crippen LogP contribution is -2.04. The minimum atomic E-state index is 0.417. The second-order valence-electron chi connectivity index (χ2n) is 6.85. The molecule has 1 atom stereocenters. The lowest BCUT2D eigenvalue weighted by Gasteiger charge is -2.17. The van der Waals surface area contributed by atoms with Crippen molar-refractivity contribution in [3.8, 4) is 0 Å². The molecule has 0 heterocycles. The van der Waals surface area contributed by atoms with Gasteiger partial charge in [-0.2, -0.15) is 0 Å². The summed E-state index contributed by atoms with van der Waals surface area (Å²) in [6, 6.07) is 4.58. The molecule has 1 aliphatic carbocycles. The zero-order valence-corrected chi connectivity index (χ0v) is 14.7. The Hall–Kier alpha value is -1.11. The van der Waals surface area contributed by atoms with Crippen molar-refractivity contribution < 1.29 is 4.79 Å². The Labute approximate surface area is 136 Å². The maximum absolute atomic E-state index is 12.6. The average Bonchev–Trinajstić information content (AvgIpc) is 2.87. The van der Waals surface area contributed by atoms with Crippen LogP contribution in [0.1, 0.15) is 105 Å². The van der Waals surface area contributed by atoms with Crippen LogP contribution >= 0.6 is 0 Å². The van der Waals surface area contributed by atoms with Gasteiger partial charge in [-0.05, 0) is 54.7 Å². The first kappa shape index (κ1) is 17.2. The molecule has 0 aromatic heterocycles. The van der Waals surface area contributed by atoms with E-state index in [1.54, 1.807) is 0 Å². The van der Waals surface area contributed by atoms with E-state index >= 15 is 0 Å². The van der Waals surface area contributed by atoms with Crippen molar-refractivity contribution in [1.29, 1.82) is 0 Å². The average molecular weight is 300 g/mol. The maximum atomic E-state index is 12.6. The summed E-state index contributed by atoms with van der Waals surface area (Å²) in [4.78, 5) is 12.6. The van der Waals surface area contributed by atoms with Crippen molar-refractivity contribution in [2.45, 2.75) is 90.9 Å². The number of hydrogen-bond acceptors (Lipinski definition) is 1. The van der Waals surface area contributed by atoms with Crippen molar-refractivity contribution in [1.82, 2.24) is 0 Å². The van der Waals surface area contributed by atoms with E-state index in [9.17, 15) is 4.79 Å². The Morgan fingerprint density at radius 1 is 0.909 bits per heavy atom. The summed E-state index contributed by atoms with van der Waals surface area (Å²) in [6.45, 7) is 6.71. The second-order valence-corrected chi connectivity index (χ2v) is 6.85. The van der Waals surface area contributed by atoms with E-state index in [2.05, 4.69) is 32.9 Å². The number of hydrogen-bond donors (Lipinski definition) is 0. The summed E-state index contributed by atoms with van der Waals surface area (Å²) in [5, 5.41) is 0.